The van der Waals surface area contributed by atoms with Crippen LogP contribution in [0.1, 0.15) is 87.0 Å². The van der Waals surface area contributed by atoms with Gasteiger partial charge in [0.2, 0.25) is 5.91 Å². The zero-order valence-corrected chi connectivity index (χ0v) is 25.1. The summed E-state index contributed by atoms with van der Waals surface area (Å²) in [6, 6.07) is 11.7. The summed E-state index contributed by atoms with van der Waals surface area (Å²) in [7, 11) is 0. The van der Waals surface area contributed by atoms with E-state index in [1.807, 2.05) is 30.3 Å². The predicted octanol–water partition coefficient (Wildman–Crippen LogP) is 7.94. The first-order valence-electron chi connectivity index (χ1n) is 15.8. The van der Waals surface area contributed by atoms with Gasteiger partial charge in [-0.1, -0.05) is 30.3 Å². The van der Waals surface area contributed by atoms with Crippen LogP contribution in [0, 0.1) is 5.41 Å². The Bertz CT molecular complexity index is 1300. The van der Waals surface area contributed by atoms with Crippen molar-refractivity contribution in [3.05, 3.63) is 70.8 Å². The summed E-state index contributed by atoms with van der Waals surface area (Å²) < 4.78 is 88.4. The zero-order chi connectivity index (χ0) is 31.4. The Labute approximate surface area is 254 Å². The molecule has 240 valence electrons. The number of alkyl halides is 6. The topological polar surface area (TPSA) is 32.8 Å². The Kier molecular flexibility index (Phi) is 8.09. The van der Waals surface area contributed by atoms with E-state index in [9.17, 15) is 31.1 Å². The third kappa shape index (κ3) is 5.65. The monoisotopic (exact) mass is 622 g/mol. The molecule has 2 aromatic carbocycles. The van der Waals surface area contributed by atoms with Crippen molar-refractivity contribution in [3.63, 3.8) is 0 Å². The fourth-order valence-corrected chi connectivity index (χ4v) is 8.36. The number of hydrogen-bond donors (Lipinski definition) is 0. The van der Waals surface area contributed by atoms with E-state index >= 15 is 0 Å². The Morgan fingerprint density at radius 1 is 0.773 bits per heavy atom. The molecular weight excluding hydrogens is 582 g/mol. The number of nitrogens with zero attached hydrogens (tertiary/aromatic N) is 2. The summed E-state index contributed by atoms with van der Waals surface area (Å²) in [4.78, 5) is 18.9. The summed E-state index contributed by atoms with van der Waals surface area (Å²) in [5.74, 6) is -0.403. The minimum Gasteiger partial charge on any atom is -0.381 e. The number of ether oxygens (including phenoxy) is 1. The molecule has 3 heterocycles. The van der Waals surface area contributed by atoms with Gasteiger partial charge in [0.15, 0.2) is 0 Å². The molecule has 4 nitrogen and oxygen atoms in total. The van der Waals surface area contributed by atoms with Gasteiger partial charge < -0.3 is 14.5 Å². The molecule has 0 N–H and O–H groups in total. The van der Waals surface area contributed by atoms with Crippen LogP contribution in [0.2, 0.25) is 0 Å². The molecule has 4 aliphatic rings. The average molecular weight is 623 g/mol. The van der Waals surface area contributed by atoms with Gasteiger partial charge in [-0.3, -0.25) is 4.79 Å². The molecule has 2 aromatic rings. The van der Waals surface area contributed by atoms with Crippen molar-refractivity contribution in [2.75, 3.05) is 32.8 Å². The maximum atomic E-state index is 14.5. The first-order valence-corrected chi connectivity index (χ1v) is 15.8. The second kappa shape index (κ2) is 11.3. The molecule has 44 heavy (non-hydrogen) atoms. The number of likely N-dealkylation sites (tertiary alicyclic amines) is 2. The van der Waals surface area contributed by atoms with E-state index in [0.29, 0.717) is 37.3 Å². The molecule has 1 spiro atoms. The van der Waals surface area contributed by atoms with Gasteiger partial charge in [-0.05, 0) is 113 Å². The van der Waals surface area contributed by atoms with Gasteiger partial charge in [0, 0.05) is 19.2 Å². The van der Waals surface area contributed by atoms with Crippen molar-refractivity contribution in [2.24, 2.45) is 5.41 Å². The predicted molar refractivity (Wildman–Crippen MR) is 154 cm³/mol. The van der Waals surface area contributed by atoms with Crippen LogP contribution in [0.25, 0.3) is 0 Å². The molecule has 10 heteroatoms. The molecular formula is C34H40F6N2O2. The normalized spacial score (nSPS) is 30.2. The summed E-state index contributed by atoms with van der Waals surface area (Å²) in [5.41, 5.74) is -3.94. The molecule has 0 bridgehead atoms. The number of hydrogen-bond acceptors (Lipinski definition) is 3. The second-order valence-electron chi connectivity index (χ2n) is 13.7. The zero-order valence-electron chi connectivity index (χ0n) is 25.1. The maximum absolute atomic E-state index is 14.5. The minimum absolute atomic E-state index is 0.132. The number of carbonyl (C=O) groups excluding carboxylic acids is 1. The molecule has 3 aliphatic heterocycles. The van der Waals surface area contributed by atoms with Crippen LogP contribution in [-0.4, -0.2) is 54.6 Å². The lowest BCUT2D eigenvalue weighted by molar-refractivity contribution is -0.152. The fraction of sp³-hybridized carbons (Fsp3) is 0.618. The van der Waals surface area contributed by atoms with E-state index in [2.05, 4.69) is 4.90 Å². The SMILES string of the molecule is CC1(c2cc(C(F)(F)F)cc(C(F)(F)F)c2)CCCN(C2(c3ccccc3)CCC(N3CCC4(CCOC4)CC3)CC2)C1=O. The Morgan fingerprint density at radius 2 is 1.39 bits per heavy atom. The Morgan fingerprint density at radius 3 is 1.93 bits per heavy atom. The van der Waals surface area contributed by atoms with E-state index in [4.69, 9.17) is 4.74 Å². The lowest BCUT2D eigenvalue weighted by Gasteiger charge is -2.54. The van der Waals surface area contributed by atoms with Gasteiger partial charge in [-0.2, -0.15) is 26.3 Å². The van der Waals surface area contributed by atoms with E-state index in [1.54, 1.807) is 4.90 Å². The first kappa shape index (κ1) is 31.4. The summed E-state index contributed by atoms with van der Waals surface area (Å²) >= 11 is 0. The maximum Gasteiger partial charge on any atom is 0.416 e. The molecule has 1 unspecified atom stereocenters. The van der Waals surface area contributed by atoms with Crippen molar-refractivity contribution in [3.8, 4) is 0 Å². The van der Waals surface area contributed by atoms with Crippen LogP contribution < -0.4 is 0 Å². The van der Waals surface area contributed by atoms with Crippen LogP contribution in [0.3, 0.4) is 0 Å². The number of benzene rings is 2. The Balaban J connectivity index is 1.30. The largest absolute Gasteiger partial charge is 0.416 e. The minimum atomic E-state index is -4.98. The van der Waals surface area contributed by atoms with Gasteiger partial charge in [0.1, 0.15) is 0 Å². The molecule has 1 atom stereocenters. The third-order valence-corrected chi connectivity index (χ3v) is 11.2. The lowest BCUT2D eigenvalue weighted by atomic mass is 9.68. The van der Waals surface area contributed by atoms with Crippen LogP contribution in [-0.2, 0) is 32.8 Å². The average Bonchev–Trinajstić information content (AvgIpc) is 3.46. The van der Waals surface area contributed by atoms with Gasteiger partial charge in [-0.15, -0.1) is 0 Å². The van der Waals surface area contributed by atoms with Crippen molar-refractivity contribution >= 4 is 5.91 Å². The van der Waals surface area contributed by atoms with Crippen LogP contribution in [0.5, 0.6) is 0 Å². The van der Waals surface area contributed by atoms with Gasteiger partial charge in [0.25, 0.3) is 0 Å². The van der Waals surface area contributed by atoms with E-state index in [1.165, 1.54) is 6.92 Å². The van der Waals surface area contributed by atoms with Gasteiger partial charge in [0.05, 0.1) is 28.7 Å². The standard InChI is InChI=1S/C34H40F6N2O2/c1-30(25-20-26(33(35,36)37)22-27(21-25)34(38,39)40)10-5-16-42(29(30)43)32(24-6-3-2-4-7-24)11-8-28(9-12-32)41-17-13-31(14-18-41)15-19-44-23-31/h2-4,6-7,20-22,28H,5,8-19,23H2,1H3. The van der Waals surface area contributed by atoms with E-state index < -0.39 is 40.3 Å². The number of amides is 1. The highest BCUT2D eigenvalue weighted by Crippen LogP contribution is 2.50. The van der Waals surface area contributed by atoms with E-state index in [-0.39, 0.29) is 18.1 Å². The quantitative estimate of drug-likeness (QED) is 0.325. The number of carbonyl (C=O) groups is 1. The smallest absolute Gasteiger partial charge is 0.381 e. The van der Waals surface area contributed by atoms with Gasteiger partial charge in [-0.25, -0.2) is 0 Å². The van der Waals surface area contributed by atoms with Crippen molar-refractivity contribution < 1.29 is 35.9 Å². The molecule has 1 aliphatic carbocycles. The number of piperidine rings is 2. The number of rotatable bonds is 4. The number of halogens is 6. The van der Waals surface area contributed by atoms with Crippen molar-refractivity contribution in [2.45, 2.75) is 94.1 Å². The summed E-state index contributed by atoms with van der Waals surface area (Å²) in [5, 5.41) is 0. The molecule has 0 radical (unpaired) electrons. The third-order valence-electron chi connectivity index (χ3n) is 11.2. The highest BCUT2D eigenvalue weighted by atomic mass is 19.4. The fourth-order valence-electron chi connectivity index (χ4n) is 8.36. The summed E-state index contributed by atoms with van der Waals surface area (Å²) in [6.45, 7) is 5.63. The molecule has 1 amide bonds. The van der Waals surface area contributed by atoms with E-state index in [0.717, 1.165) is 76.1 Å². The van der Waals surface area contributed by atoms with Crippen LogP contribution >= 0.6 is 0 Å². The Hall–Kier alpha value is -2.59. The lowest BCUT2D eigenvalue weighted by Crippen LogP contribution is -2.60. The summed E-state index contributed by atoms with van der Waals surface area (Å²) in [6.07, 6.45) is -2.85. The van der Waals surface area contributed by atoms with Crippen LogP contribution in [0.4, 0.5) is 26.3 Å². The second-order valence-corrected chi connectivity index (χ2v) is 13.7. The highest BCUT2D eigenvalue weighted by Gasteiger charge is 2.52. The highest BCUT2D eigenvalue weighted by molar-refractivity contribution is 5.89. The van der Waals surface area contributed by atoms with Crippen molar-refractivity contribution in [1.82, 2.24) is 9.80 Å². The van der Waals surface area contributed by atoms with Gasteiger partial charge >= 0.3 is 12.4 Å². The van der Waals surface area contributed by atoms with Crippen molar-refractivity contribution in [1.29, 1.82) is 0 Å². The molecule has 6 rings (SSSR count). The van der Waals surface area contributed by atoms with Crippen LogP contribution in [0.15, 0.2) is 48.5 Å². The molecule has 3 saturated heterocycles. The molecule has 4 fully saturated rings. The molecule has 0 aromatic heterocycles. The first-order chi connectivity index (χ1) is 20.8. The molecule has 1 saturated carbocycles.